The number of nitriles is 1. The first kappa shape index (κ1) is 19.9. The van der Waals surface area contributed by atoms with E-state index in [1.807, 2.05) is 12.1 Å². The van der Waals surface area contributed by atoms with E-state index in [1.165, 1.54) is 5.56 Å². The number of ether oxygens (including phenoxy) is 1. The molecule has 1 amide bonds. The zero-order chi connectivity index (χ0) is 19.6. The lowest BCUT2D eigenvalue weighted by molar-refractivity contribution is -0.122. The molecule has 0 aromatic heterocycles. The van der Waals surface area contributed by atoms with Crippen molar-refractivity contribution in [3.05, 3.63) is 65.7 Å². The molecule has 0 aliphatic carbocycles. The second-order valence-electron chi connectivity index (χ2n) is 7.25. The third kappa shape index (κ3) is 6.40. The van der Waals surface area contributed by atoms with E-state index in [4.69, 9.17) is 10.00 Å². The smallest absolute Gasteiger partial charge is 0.220 e. The van der Waals surface area contributed by atoms with Gasteiger partial charge in [-0.3, -0.25) is 9.69 Å². The predicted octanol–water partition coefficient (Wildman–Crippen LogP) is 3.36. The highest BCUT2D eigenvalue weighted by molar-refractivity contribution is 5.76. The molecular weight excluding hydrogens is 350 g/mol. The fraction of sp³-hybridized carbons (Fsp3) is 0.391. The Labute approximate surface area is 166 Å². The second kappa shape index (κ2) is 10.5. The Bertz CT molecular complexity index is 793. The van der Waals surface area contributed by atoms with Crippen molar-refractivity contribution in [1.82, 2.24) is 10.2 Å². The van der Waals surface area contributed by atoms with Gasteiger partial charge in [-0.1, -0.05) is 36.4 Å². The molecule has 0 unspecified atom stereocenters. The molecule has 1 aliphatic heterocycles. The first-order valence-electron chi connectivity index (χ1n) is 9.89. The van der Waals surface area contributed by atoms with Crippen molar-refractivity contribution in [2.75, 3.05) is 26.2 Å². The average molecular weight is 377 g/mol. The highest BCUT2D eigenvalue weighted by atomic mass is 16.5. The molecule has 0 radical (unpaired) electrons. The SMILES string of the molecule is N#Cc1cccc(OCCNC(=O)CC2CCN(Cc3ccccc3)CC2)c1. The van der Waals surface area contributed by atoms with Crippen LogP contribution in [0.15, 0.2) is 54.6 Å². The Morgan fingerprint density at radius 2 is 1.93 bits per heavy atom. The lowest BCUT2D eigenvalue weighted by Gasteiger charge is -2.31. The summed E-state index contributed by atoms with van der Waals surface area (Å²) in [5, 5.41) is 11.8. The van der Waals surface area contributed by atoms with E-state index >= 15 is 0 Å². The predicted molar refractivity (Wildman–Crippen MR) is 109 cm³/mol. The summed E-state index contributed by atoms with van der Waals surface area (Å²) in [6.07, 6.45) is 2.72. The molecule has 0 atom stereocenters. The van der Waals surface area contributed by atoms with Crippen LogP contribution in [-0.4, -0.2) is 37.0 Å². The van der Waals surface area contributed by atoms with Crippen LogP contribution < -0.4 is 10.1 Å². The van der Waals surface area contributed by atoms with Gasteiger partial charge in [-0.2, -0.15) is 5.26 Å². The molecule has 5 heteroatoms. The third-order valence-corrected chi connectivity index (χ3v) is 5.09. The number of carbonyl (C=O) groups is 1. The number of benzene rings is 2. The molecule has 3 rings (SSSR count). The maximum atomic E-state index is 12.2. The van der Waals surface area contributed by atoms with Gasteiger partial charge in [-0.05, 0) is 55.6 Å². The Kier molecular flexibility index (Phi) is 7.45. The average Bonchev–Trinajstić information content (AvgIpc) is 2.73. The first-order chi connectivity index (χ1) is 13.7. The van der Waals surface area contributed by atoms with Gasteiger partial charge < -0.3 is 10.1 Å². The van der Waals surface area contributed by atoms with Crippen LogP contribution in [0.4, 0.5) is 0 Å². The zero-order valence-corrected chi connectivity index (χ0v) is 16.1. The van der Waals surface area contributed by atoms with Crippen LogP contribution in [-0.2, 0) is 11.3 Å². The Morgan fingerprint density at radius 1 is 1.14 bits per heavy atom. The van der Waals surface area contributed by atoms with Gasteiger partial charge in [0.2, 0.25) is 5.91 Å². The molecule has 1 heterocycles. The number of likely N-dealkylation sites (tertiary alicyclic amines) is 1. The highest BCUT2D eigenvalue weighted by Gasteiger charge is 2.21. The minimum Gasteiger partial charge on any atom is -0.492 e. The van der Waals surface area contributed by atoms with E-state index in [0.717, 1.165) is 32.5 Å². The molecule has 1 aliphatic rings. The van der Waals surface area contributed by atoms with Crippen LogP contribution in [0, 0.1) is 17.2 Å². The van der Waals surface area contributed by atoms with Gasteiger partial charge in [-0.25, -0.2) is 0 Å². The van der Waals surface area contributed by atoms with E-state index in [2.05, 4.69) is 40.6 Å². The van der Waals surface area contributed by atoms with E-state index in [9.17, 15) is 4.79 Å². The monoisotopic (exact) mass is 377 g/mol. The van der Waals surface area contributed by atoms with Gasteiger partial charge in [0.05, 0.1) is 18.2 Å². The molecule has 1 saturated heterocycles. The molecule has 0 saturated carbocycles. The standard InChI is InChI=1S/C23H27N3O2/c24-17-21-7-4-8-22(15-21)28-14-11-25-23(27)16-19-9-12-26(13-10-19)18-20-5-2-1-3-6-20/h1-8,15,19H,9-14,16,18H2,(H,25,27). The molecule has 146 valence electrons. The quantitative estimate of drug-likeness (QED) is 0.717. The van der Waals surface area contributed by atoms with Crippen molar-refractivity contribution in [2.45, 2.75) is 25.8 Å². The van der Waals surface area contributed by atoms with Crippen LogP contribution in [0.3, 0.4) is 0 Å². The summed E-state index contributed by atoms with van der Waals surface area (Å²) in [4.78, 5) is 14.6. The van der Waals surface area contributed by atoms with Crippen molar-refractivity contribution >= 4 is 5.91 Å². The first-order valence-corrected chi connectivity index (χ1v) is 9.89. The number of nitrogens with zero attached hydrogens (tertiary/aromatic N) is 2. The number of hydrogen-bond donors (Lipinski definition) is 1. The van der Waals surface area contributed by atoms with Crippen molar-refractivity contribution in [3.8, 4) is 11.8 Å². The lowest BCUT2D eigenvalue weighted by atomic mass is 9.93. The lowest BCUT2D eigenvalue weighted by Crippen LogP contribution is -2.36. The zero-order valence-electron chi connectivity index (χ0n) is 16.1. The summed E-state index contributed by atoms with van der Waals surface area (Å²) in [7, 11) is 0. The molecule has 5 nitrogen and oxygen atoms in total. The molecule has 2 aromatic carbocycles. The number of piperidine rings is 1. The van der Waals surface area contributed by atoms with Gasteiger partial charge >= 0.3 is 0 Å². The number of rotatable bonds is 8. The summed E-state index contributed by atoms with van der Waals surface area (Å²) in [5.74, 6) is 1.20. The van der Waals surface area contributed by atoms with Gasteiger partial charge in [0.25, 0.3) is 0 Å². The number of amides is 1. The molecule has 28 heavy (non-hydrogen) atoms. The molecule has 1 fully saturated rings. The molecule has 1 N–H and O–H groups in total. The molecule has 0 bridgehead atoms. The maximum absolute atomic E-state index is 12.2. The van der Waals surface area contributed by atoms with Crippen LogP contribution in [0.25, 0.3) is 0 Å². The van der Waals surface area contributed by atoms with Crippen LogP contribution >= 0.6 is 0 Å². The van der Waals surface area contributed by atoms with Gasteiger partial charge in [-0.15, -0.1) is 0 Å². The summed E-state index contributed by atoms with van der Waals surface area (Å²) >= 11 is 0. The number of carbonyl (C=O) groups excluding carboxylic acids is 1. The maximum Gasteiger partial charge on any atom is 0.220 e. The fourth-order valence-corrected chi connectivity index (χ4v) is 3.54. The third-order valence-electron chi connectivity index (χ3n) is 5.09. The topological polar surface area (TPSA) is 65.4 Å². The molecular formula is C23H27N3O2. The molecule has 2 aromatic rings. The van der Waals surface area contributed by atoms with Crippen LogP contribution in [0.1, 0.15) is 30.4 Å². The largest absolute Gasteiger partial charge is 0.492 e. The normalized spacial score (nSPS) is 15.0. The van der Waals surface area contributed by atoms with Crippen molar-refractivity contribution in [1.29, 1.82) is 5.26 Å². The van der Waals surface area contributed by atoms with Gasteiger partial charge in [0, 0.05) is 13.0 Å². The van der Waals surface area contributed by atoms with Crippen molar-refractivity contribution in [2.24, 2.45) is 5.92 Å². The summed E-state index contributed by atoms with van der Waals surface area (Å²) < 4.78 is 5.59. The summed E-state index contributed by atoms with van der Waals surface area (Å²) in [5.41, 5.74) is 1.92. The minimum absolute atomic E-state index is 0.0934. The second-order valence-corrected chi connectivity index (χ2v) is 7.25. The number of nitrogens with one attached hydrogen (secondary N) is 1. The van der Waals surface area contributed by atoms with E-state index in [-0.39, 0.29) is 5.91 Å². The van der Waals surface area contributed by atoms with Gasteiger partial charge in [0.15, 0.2) is 0 Å². The highest BCUT2D eigenvalue weighted by Crippen LogP contribution is 2.21. The van der Waals surface area contributed by atoms with Crippen molar-refractivity contribution < 1.29 is 9.53 Å². The van der Waals surface area contributed by atoms with E-state index < -0.39 is 0 Å². The minimum atomic E-state index is 0.0934. The van der Waals surface area contributed by atoms with Crippen molar-refractivity contribution in [3.63, 3.8) is 0 Å². The van der Waals surface area contributed by atoms with Gasteiger partial charge in [0.1, 0.15) is 12.4 Å². The Morgan fingerprint density at radius 3 is 2.68 bits per heavy atom. The Hall–Kier alpha value is -2.84. The van der Waals surface area contributed by atoms with E-state index in [1.54, 1.807) is 18.2 Å². The van der Waals surface area contributed by atoms with Crippen LogP contribution in [0.2, 0.25) is 0 Å². The summed E-state index contributed by atoms with van der Waals surface area (Å²) in [6, 6.07) is 19.7. The number of hydrogen-bond acceptors (Lipinski definition) is 4. The van der Waals surface area contributed by atoms with Crippen LogP contribution in [0.5, 0.6) is 5.75 Å². The summed E-state index contributed by atoms with van der Waals surface area (Å²) in [6.45, 7) is 3.96. The fourth-order valence-electron chi connectivity index (χ4n) is 3.54. The van der Waals surface area contributed by atoms with E-state index in [0.29, 0.717) is 36.8 Å². The molecule has 0 spiro atoms. The Balaban J connectivity index is 1.30.